The standard InChI is InChI=1S/C21H36N7O5P/c1-7-8-9-10-31-20(29)21(5,6)27-34(30,33-26-15(2)3)14-32-16(4)11-28-13-25-17-18(22)23-12-24-19(17)28/h12-13,16H,7-11,14H2,1-6H3,(H,27,30)(H2,22,23,24)/t16-,34?/m1/s1. The van der Waals surface area contributed by atoms with Crippen molar-refractivity contribution in [2.24, 2.45) is 5.16 Å². The lowest BCUT2D eigenvalue weighted by atomic mass is 10.1. The summed E-state index contributed by atoms with van der Waals surface area (Å²) >= 11 is 0. The van der Waals surface area contributed by atoms with Crippen molar-refractivity contribution in [2.75, 3.05) is 18.7 Å². The zero-order valence-electron chi connectivity index (χ0n) is 20.8. The van der Waals surface area contributed by atoms with Crippen LogP contribution in [0.25, 0.3) is 11.2 Å². The molecule has 34 heavy (non-hydrogen) atoms. The van der Waals surface area contributed by atoms with Crippen LogP contribution in [0, 0.1) is 0 Å². The van der Waals surface area contributed by atoms with Crippen molar-refractivity contribution in [1.29, 1.82) is 0 Å². The van der Waals surface area contributed by atoms with Gasteiger partial charge in [0.1, 0.15) is 23.7 Å². The number of oxime groups is 1. The summed E-state index contributed by atoms with van der Waals surface area (Å²) < 4.78 is 31.8. The van der Waals surface area contributed by atoms with E-state index in [1.807, 2.05) is 6.92 Å². The molecule has 3 N–H and O–H groups in total. The van der Waals surface area contributed by atoms with Crippen molar-refractivity contribution in [3.05, 3.63) is 12.7 Å². The second kappa shape index (κ2) is 12.2. The van der Waals surface area contributed by atoms with Crippen LogP contribution in [0.4, 0.5) is 5.82 Å². The van der Waals surface area contributed by atoms with E-state index in [9.17, 15) is 9.36 Å². The zero-order valence-corrected chi connectivity index (χ0v) is 21.7. The molecule has 2 heterocycles. The Morgan fingerprint density at radius 3 is 2.71 bits per heavy atom. The molecule has 0 amide bonds. The van der Waals surface area contributed by atoms with E-state index in [0.29, 0.717) is 30.0 Å². The molecule has 1 unspecified atom stereocenters. The van der Waals surface area contributed by atoms with Crippen LogP contribution in [-0.2, 0) is 30.0 Å². The number of imidazole rings is 1. The molecule has 0 radical (unpaired) electrons. The van der Waals surface area contributed by atoms with E-state index in [-0.39, 0.29) is 12.2 Å². The molecule has 0 fully saturated rings. The number of rotatable bonds is 14. The van der Waals surface area contributed by atoms with Gasteiger partial charge in [-0.15, -0.1) is 0 Å². The van der Waals surface area contributed by atoms with Gasteiger partial charge < -0.3 is 24.4 Å². The minimum absolute atomic E-state index is 0.288. The van der Waals surface area contributed by atoms with E-state index in [0.717, 1.165) is 19.3 Å². The van der Waals surface area contributed by atoms with Crippen molar-refractivity contribution >= 4 is 36.2 Å². The quantitative estimate of drug-likeness (QED) is 0.130. The van der Waals surface area contributed by atoms with Crippen LogP contribution >= 0.6 is 7.52 Å². The van der Waals surface area contributed by atoms with Crippen molar-refractivity contribution in [3.63, 3.8) is 0 Å². The molecule has 0 aliphatic rings. The van der Waals surface area contributed by atoms with Gasteiger partial charge in [0, 0.05) is 0 Å². The first-order valence-corrected chi connectivity index (χ1v) is 13.1. The Balaban J connectivity index is 2.06. The molecular formula is C21H36N7O5P. The van der Waals surface area contributed by atoms with Crippen LogP contribution in [0.5, 0.6) is 0 Å². The van der Waals surface area contributed by atoms with Crippen molar-refractivity contribution in [2.45, 2.75) is 79.0 Å². The predicted octanol–water partition coefficient (Wildman–Crippen LogP) is 3.48. The predicted molar refractivity (Wildman–Crippen MR) is 130 cm³/mol. The molecule has 0 bridgehead atoms. The fourth-order valence-corrected chi connectivity index (χ4v) is 4.82. The Morgan fingerprint density at radius 1 is 1.29 bits per heavy atom. The fourth-order valence-electron chi connectivity index (χ4n) is 2.98. The average molecular weight is 498 g/mol. The number of aromatic nitrogens is 4. The van der Waals surface area contributed by atoms with E-state index < -0.39 is 25.1 Å². The van der Waals surface area contributed by atoms with Gasteiger partial charge >= 0.3 is 13.5 Å². The lowest BCUT2D eigenvalue weighted by Crippen LogP contribution is -2.47. The zero-order chi connectivity index (χ0) is 25.4. The third-order valence-electron chi connectivity index (χ3n) is 4.71. The third kappa shape index (κ3) is 8.03. The van der Waals surface area contributed by atoms with Crippen LogP contribution in [0.15, 0.2) is 17.8 Å². The van der Waals surface area contributed by atoms with Gasteiger partial charge in [-0.3, -0.25) is 9.36 Å². The molecule has 0 saturated carbocycles. The minimum Gasteiger partial charge on any atom is -0.464 e. The molecule has 0 aliphatic carbocycles. The van der Waals surface area contributed by atoms with E-state index in [4.69, 9.17) is 19.8 Å². The van der Waals surface area contributed by atoms with Crippen molar-refractivity contribution in [1.82, 2.24) is 24.6 Å². The molecule has 0 spiro atoms. The van der Waals surface area contributed by atoms with Crippen molar-refractivity contribution in [3.8, 4) is 0 Å². The third-order valence-corrected chi connectivity index (χ3v) is 6.44. The van der Waals surface area contributed by atoms with Crippen LogP contribution < -0.4 is 10.8 Å². The number of nitrogen functional groups attached to an aromatic ring is 1. The summed E-state index contributed by atoms with van der Waals surface area (Å²) in [5.74, 6) is -0.240. The number of anilines is 1. The van der Waals surface area contributed by atoms with E-state index in [2.05, 4.69) is 32.1 Å². The summed E-state index contributed by atoms with van der Waals surface area (Å²) in [7, 11) is -3.72. The SMILES string of the molecule is CCCCCOC(=O)C(C)(C)NP(=O)(CO[C@H](C)Cn1cnc2c(N)ncnc21)ON=C(C)C. The number of ether oxygens (including phenoxy) is 2. The van der Waals surface area contributed by atoms with Gasteiger partial charge in [0.2, 0.25) is 0 Å². The number of esters is 1. The summed E-state index contributed by atoms with van der Waals surface area (Å²) in [5, 5.41) is 6.63. The molecule has 2 atom stereocenters. The highest BCUT2D eigenvalue weighted by molar-refractivity contribution is 7.56. The minimum atomic E-state index is -3.72. The summed E-state index contributed by atoms with van der Waals surface area (Å²) in [6.07, 6.45) is 4.98. The first kappa shape index (κ1) is 27.7. The summed E-state index contributed by atoms with van der Waals surface area (Å²) in [6, 6.07) is 0. The molecule has 12 nitrogen and oxygen atoms in total. The van der Waals surface area contributed by atoms with Gasteiger partial charge in [0.05, 0.1) is 31.3 Å². The van der Waals surface area contributed by atoms with E-state index in [1.165, 1.54) is 6.33 Å². The Kier molecular flexibility index (Phi) is 9.96. The number of nitrogens with zero attached hydrogens (tertiary/aromatic N) is 5. The van der Waals surface area contributed by atoms with Gasteiger partial charge in [-0.2, -0.15) is 0 Å². The smallest absolute Gasteiger partial charge is 0.365 e. The Hall–Kier alpha value is -2.56. The maximum Gasteiger partial charge on any atom is 0.365 e. The van der Waals surface area contributed by atoms with Crippen molar-refractivity contribution < 1.29 is 23.5 Å². The number of nitrogens with one attached hydrogen (secondary N) is 1. The van der Waals surface area contributed by atoms with Gasteiger partial charge in [-0.25, -0.2) is 20.0 Å². The molecule has 13 heteroatoms. The lowest BCUT2D eigenvalue weighted by molar-refractivity contribution is -0.149. The van der Waals surface area contributed by atoms with Gasteiger partial charge in [-0.05, 0) is 41.0 Å². The van der Waals surface area contributed by atoms with E-state index in [1.54, 1.807) is 38.6 Å². The molecule has 0 aromatic carbocycles. The number of hydrogen-bond acceptors (Lipinski definition) is 10. The summed E-state index contributed by atoms with van der Waals surface area (Å²) in [6.45, 7) is 11.1. The van der Waals surface area contributed by atoms with Crippen LogP contribution in [0.3, 0.4) is 0 Å². The topological polar surface area (TPSA) is 156 Å². The highest BCUT2D eigenvalue weighted by Crippen LogP contribution is 2.45. The molecule has 2 aromatic heterocycles. The Morgan fingerprint density at radius 2 is 2.03 bits per heavy atom. The maximum atomic E-state index is 13.5. The van der Waals surface area contributed by atoms with Crippen LogP contribution in [-0.4, -0.2) is 55.8 Å². The second-order valence-corrected chi connectivity index (χ2v) is 10.8. The number of unbranched alkanes of at least 4 members (excludes halogenated alkanes) is 2. The number of fused-ring (bicyclic) bond motifs is 1. The lowest BCUT2D eigenvalue weighted by Gasteiger charge is -2.29. The van der Waals surface area contributed by atoms with Crippen LogP contribution in [0.1, 0.15) is 60.8 Å². The largest absolute Gasteiger partial charge is 0.464 e. The fraction of sp³-hybridized carbons (Fsp3) is 0.667. The summed E-state index contributed by atoms with van der Waals surface area (Å²) in [4.78, 5) is 24.9. The Bertz CT molecular complexity index is 1040. The molecule has 2 aromatic rings. The number of carbonyl (C=O) groups excluding carboxylic acids is 1. The van der Waals surface area contributed by atoms with Gasteiger partial charge in [-0.1, -0.05) is 24.9 Å². The highest BCUT2D eigenvalue weighted by atomic mass is 31.2. The monoisotopic (exact) mass is 497 g/mol. The van der Waals surface area contributed by atoms with Gasteiger partial charge in [0.15, 0.2) is 11.5 Å². The normalized spacial score (nSPS) is 14.4. The maximum absolute atomic E-state index is 13.5. The highest BCUT2D eigenvalue weighted by Gasteiger charge is 2.39. The second-order valence-electron chi connectivity index (χ2n) is 8.81. The van der Waals surface area contributed by atoms with Gasteiger partial charge in [0.25, 0.3) is 0 Å². The number of carbonyl (C=O) groups is 1. The molecule has 190 valence electrons. The Labute approximate surface area is 200 Å². The molecule has 2 rings (SSSR count). The molecular weight excluding hydrogens is 461 g/mol. The number of nitrogens with two attached hydrogens (primary N) is 1. The average Bonchev–Trinajstić information content (AvgIpc) is 3.17. The summed E-state index contributed by atoms with van der Waals surface area (Å²) in [5.41, 5.74) is 6.19. The molecule has 0 saturated heterocycles. The first-order chi connectivity index (χ1) is 16.0. The van der Waals surface area contributed by atoms with E-state index >= 15 is 0 Å². The molecule has 0 aliphatic heterocycles. The number of hydrogen-bond donors (Lipinski definition) is 2. The van der Waals surface area contributed by atoms with Crippen LogP contribution in [0.2, 0.25) is 0 Å². The first-order valence-electron chi connectivity index (χ1n) is 11.3.